The van der Waals surface area contributed by atoms with E-state index in [2.05, 4.69) is 30.6 Å². The standard InChI is InChI=1S/C20H21F3N8O3S/c1-24-18(32)12-4-6-13(7-5-12)29-19-28-10-14(20(21,22)23)16(30-19)27-11-15-17(26-9-8-25-15)31(2)35(3,33)34/h4-10H,11H2,1-3H3,(H,24,32)(H2,27,28,29,30)/i1D3,2D3,4D,5D. The third kappa shape index (κ3) is 6.32. The highest BCUT2D eigenvalue weighted by molar-refractivity contribution is 7.92. The number of halogens is 3. The lowest BCUT2D eigenvalue weighted by Gasteiger charge is -2.19. The first-order chi connectivity index (χ1) is 19.6. The van der Waals surface area contributed by atoms with Gasteiger partial charge in [0.05, 0.1) is 15.5 Å². The number of aromatic nitrogens is 4. The molecule has 1 aromatic carbocycles. The Balaban J connectivity index is 1.96. The van der Waals surface area contributed by atoms with Crippen molar-refractivity contribution in [1.82, 2.24) is 25.3 Å². The molecular weight excluding hydrogens is 489 g/mol. The van der Waals surface area contributed by atoms with E-state index in [9.17, 15) is 26.4 Å². The van der Waals surface area contributed by atoms with Gasteiger partial charge in [-0.3, -0.25) is 14.1 Å². The molecule has 1 amide bonds. The minimum Gasteiger partial charge on any atom is -0.364 e. The van der Waals surface area contributed by atoms with Crippen molar-refractivity contribution in [2.45, 2.75) is 12.7 Å². The Labute approximate surface area is 210 Å². The summed E-state index contributed by atoms with van der Waals surface area (Å²) >= 11 is 0. The van der Waals surface area contributed by atoms with Crippen LogP contribution in [0.15, 0.2) is 42.8 Å². The van der Waals surface area contributed by atoms with Gasteiger partial charge in [-0.05, 0) is 24.2 Å². The van der Waals surface area contributed by atoms with Gasteiger partial charge in [0.2, 0.25) is 16.0 Å². The van der Waals surface area contributed by atoms with Gasteiger partial charge in [0.1, 0.15) is 17.1 Å². The average molecular weight is 519 g/mol. The maximum Gasteiger partial charge on any atom is 0.421 e. The van der Waals surface area contributed by atoms with E-state index < -0.39 is 83.4 Å². The number of sulfonamides is 1. The molecular formula is C20H21F3N8O3S. The second-order valence-corrected chi connectivity index (χ2v) is 8.48. The summed E-state index contributed by atoms with van der Waals surface area (Å²) < 4.78 is 126. The largest absolute Gasteiger partial charge is 0.421 e. The number of nitrogens with zero attached hydrogens (tertiary/aromatic N) is 5. The molecule has 0 saturated carbocycles. The number of carbonyl (C=O) groups is 1. The van der Waals surface area contributed by atoms with Crippen LogP contribution in [0.25, 0.3) is 0 Å². The number of hydrogen-bond donors (Lipinski definition) is 3. The van der Waals surface area contributed by atoms with Crippen molar-refractivity contribution in [3.63, 3.8) is 0 Å². The first-order valence-corrected chi connectivity index (χ1v) is 11.1. The van der Waals surface area contributed by atoms with Crippen molar-refractivity contribution in [3.05, 3.63) is 59.6 Å². The zero-order chi connectivity index (χ0) is 32.5. The number of anilines is 4. The van der Waals surface area contributed by atoms with E-state index in [1.165, 1.54) is 0 Å². The molecule has 3 rings (SSSR count). The average Bonchev–Trinajstić information content (AvgIpc) is 2.79. The number of amides is 1. The summed E-state index contributed by atoms with van der Waals surface area (Å²) in [5.74, 6) is -3.19. The number of hydrogen-bond acceptors (Lipinski definition) is 9. The van der Waals surface area contributed by atoms with Gasteiger partial charge in [0.25, 0.3) is 5.91 Å². The van der Waals surface area contributed by atoms with Gasteiger partial charge < -0.3 is 16.0 Å². The highest BCUT2D eigenvalue weighted by Crippen LogP contribution is 2.34. The molecule has 0 unspecified atom stereocenters. The third-order valence-electron chi connectivity index (χ3n) is 4.13. The number of alkyl halides is 3. The van der Waals surface area contributed by atoms with Crippen molar-refractivity contribution >= 4 is 39.2 Å². The first kappa shape index (κ1) is 16.6. The van der Waals surface area contributed by atoms with Gasteiger partial charge in [0.15, 0.2) is 5.82 Å². The second-order valence-electron chi connectivity index (χ2n) is 6.65. The quantitative estimate of drug-likeness (QED) is 0.410. The predicted molar refractivity (Wildman–Crippen MR) is 123 cm³/mol. The molecule has 0 radical (unpaired) electrons. The van der Waals surface area contributed by atoms with E-state index in [1.54, 1.807) is 5.32 Å². The number of carbonyl (C=O) groups excluding carboxylic acids is 1. The second kappa shape index (κ2) is 10.1. The highest BCUT2D eigenvalue weighted by Gasteiger charge is 2.35. The van der Waals surface area contributed by atoms with Gasteiger partial charge in [-0.2, -0.15) is 18.2 Å². The molecule has 0 aliphatic carbocycles. The summed E-state index contributed by atoms with van der Waals surface area (Å²) in [6.45, 7) is -6.80. The van der Waals surface area contributed by atoms with Crippen molar-refractivity contribution in [2.24, 2.45) is 0 Å². The van der Waals surface area contributed by atoms with E-state index in [4.69, 9.17) is 11.0 Å². The molecule has 0 aliphatic heterocycles. The zero-order valence-electron chi connectivity index (χ0n) is 25.6. The third-order valence-corrected chi connectivity index (χ3v) is 4.97. The molecule has 3 N–H and O–H groups in total. The van der Waals surface area contributed by atoms with E-state index in [0.29, 0.717) is 12.5 Å². The number of rotatable bonds is 8. The van der Waals surface area contributed by atoms with Crippen molar-refractivity contribution in [3.8, 4) is 0 Å². The van der Waals surface area contributed by atoms with Crippen molar-refractivity contribution < 1.29 is 37.3 Å². The molecule has 0 atom stereocenters. The maximum absolute atomic E-state index is 13.7. The van der Waals surface area contributed by atoms with Crippen molar-refractivity contribution in [2.75, 3.05) is 35.1 Å². The van der Waals surface area contributed by atoms with Gasteiger partial charge in [-0.25, -0.2) is 18.4 Å². The minimum absolute atomic E-state index is 0.000548. The Morgan fingerprint density at radius 2 is 1.91 bits per heavy atom. The fraction of sp³-hybridized carbons (Fsp3) is 0.250. The van der Waals surface area contributed by atoms with Crippen LogP contribution in [0.5, 0.6) is 0 Å². The SMILES string of the molecule is [2H]c1cc(Nc2ncc(C(F)(F)F)c(NCc3nccnc3N(C([2H])([2H])[2H])S(C)(=O)=O)n2)cc([2H])c1C(=O)NC([2H])([2H])[2H]. The topological polar surface area (TPSA) is 142 Å². The molecule has 15 heteroatoms. The van der Waals surface area contributed by atoms with Crippen LogP contribution in [0, 0.1) is 0 Å². The lowest BCUT2D eigenvalue weighted by Crippen LogP contribution is -2.27. The maximum atomic E-state index is 13.7. The van der Waals surface area contributed by atoms with Crippen LogP contribution in [0.2, 0.25) is 0 Å². The summed E-state index contributed by atoms with van der Waals surface area (Å²) in [6, 6.07) is 0.811. The normalized spacial score (nSPS) is 15.7. The summed E-state index contributed by atoms with van der Waals surface area (Å²) in [6.07, 6.45) is -1.91. The summed E-state index contributed by atoms with van der Waals surface area (Å²) in [5.41, 5.74) is -2.39. The van der Waals surface area contributed by atoms with Crippen LogP contribution >= 0.6 is 0 Å². The van der Waals surface area contributed by atoms with E-state index in [1.807, 2.05) is 0 Å². The van der Waals surface area contributed by atoms with Crippen LogP contribution in [-0.2, 0) is 22.7 Å². The lowest BCUT2D eigenvalue weighted by atomic mass is 10.2. The molecule has 3 aromatic rings. The van der Waals surface area contributed by atoms with Crippen LogP contribution in [0.3, 0.4) is 0 Å². The number of benzene rings is 1. The Kier molecular flexibility index (Phi) is 4.78. The molecule has 11 nitrogen and oxygen atoms in total. The predicted octanol–water partition coefficient (Wildman–Crippen LogP) is 2.40. The highest BCUT2D eigenvalue weighted by atomic mass is 32.2. The van der Waals surface area contributed by atoms with Gasteiger partial charge in [-0.15, -0.1) is 0 Å². The lowest BCUT2D eigenvalue weighted by molar-refractivity contribution is -0.137. The molecule has 0 saturated heterocycles. The van der Waals surface area contributed by atoms with Crippen LogP contribution < -0.4 is 20.3 Å². The summed E-state index contributed by atoms with van der Waals surface area (Å²) in [4.78, 5) is 27.1. The molecule has 0 aliphatic rings. The van der Waals surface area contributed by atoms with Gasteiger partial charge in [-0.1, -0.05) is 0 Å². The number of nitrogens with one attached hydrogen (secondary N) is 3. The van der Waals surface area contributed by atoms with Crippen LogP contribution in [0.4, 0.5) is 36.4 Å². The Morgan fingerprint density at radius 3 is 2.54 bits per heavy atom. The minimum atomic E-state index is -4.98. The van der Waals surface area contributed by atoms with E-state index in [-0.39, 0.29) is 15.7 Å². The van der Waals surface area contributed by atoms with Gasteiger partial charge >= 0.3 is 6.18 Å². The molecule has 2 aromatic heterocycles. The van der Waals surface area contributed by atoms with E-state index >= 15 is 0 Å². The molecule has 186 valence electrons. The fourth-order valence-electron chi connectivity index (χ4n) is 2.54. The summed E-state index contributed by atoms with van der Waals surface area (Å²) in [7, 11) is -4.44. The van der Waals surface area contributed by atoms with E-state index in [0.717, 1.165) is 24.5 Å². The Bertz CT molecular complexity index is 1620. The van der Waals surface area contributed by atoms with Crippen LogP contribution in [0.1, 0.15) is 32.6 Å². The first-order valence-electron chi connectivity index (χ1n) is 13.3. The molecule has 2 heterocycles. The smallest absolute Gasteiger partial charge is 0.364 e. The molecule has 0 spiro atoms. The van der Waals surface area contributed by atoms with Crippen molar-refractivity contribution in [1.29, 1.82) is 0 Å². The monoisotopic (exact) mass is 518 g/mol. The zero-order valence-corrected chi connectivity index (χ0v) is 18.4. The van der Waals surface area contributed by atoms with Gasteiger partial charge in [0, 0.05) is 52.0 Å². The molecule has 0 bridgehead atoms. The summed E-state index contributed by atoms with van der Waals surface area (Å²) in [5, 5.41) is 6.47. The molecule has 0 fully saturated rings. The molecule has 35 heavy (non-hydrogen) atoms. The Hall–Kier alpha value is -4.01. The van der Waals surface area contributed by atoms with Crippen LogP contribution in [-0.4, -0.2) is 54.5 Å². The fourth-order valence-corrected chi connectivity index (χ4v) is 3.01. The Morgan fingerprint density at radius 1 is 1.20 bits per heavy atom.